The lowest BCUT2D eigenvalue weighted by atomic mass is 10.2. The van der Waals surface area contributed by atoms with Crippen molar-refractivity contribution >= 4 is 5.69 Å². The molecule has 0 aliphatic rings. The first-order valence-corrected chi connectivity index (χ1v) is 4.89. The van der Waals surface area contributed by atoms with Gasteiger partial charge < -0.3 is 5.32 Å². The molecule has 0 fully saturated rings. The third-order valence-electron chi connectivity index (χ3n) is 2.23. The van der Waals surface area contributed by atoms with E-state index in [2.05, 4.69) is 21.5 Å². The number of rotatable bonds is 3. The summed E-state index contributed by atoms with van der Waals surface area (Å²) in [6.45, 7) is 2.77. The van der Waals surface area contributed by atoms with E-state index < -0.39 is 0 Å². The van der Waals surface area contributed by atoms with Crippen molar-refractivity contribution < 1.29 is 0 Å². The third kappa shape index (κ3) is 2.34. The van der Waals surface area contributed by atoms with Crippen molar-refractivity contribution in [2.24, 2.45) is 0 Å². The van der Waals surface area contributed by atoms with Gasteiger partial charge in [0.15, 0.2) is 0 Å². The van der Waals surface area contributed by atoms with Crippen LogP contribution < -0.4 is 5.32 Å². The number of nitrogens with one attached hydrogen (secondary N) is 1. The Hall–Kier alpha value is -1.84. The van der Waals surface area contributed by atoms with Crippen molar-refractivity contribution in [3.8, 4) is 0 Å². The molecule has 0 spiro atoms. The highest BCUT2D eigenvalue weighted by molar-refractivity contribution is 5.37. The molecular formula is C11H14N4. The van der Waals surface area contributed by atoms with Crippen LogP contribution >= 0.6 is 0 Å². The minimum absolute atomic E-state index is 0.783. The first-order valence-electron chi connectivity index (χ1n) is 4.89. The Morgan fingerprint density at radius 1 is 1.47 bits per heavy atom. The fraction of sp³-hybridized carbons (Fsp3) is 0.273. The zero-order valence-electron chi connectivity index (χ0n) is 8.94. The highest BCUT2D eigenvalue weighted by Gasteiger charge is 1.98. The SMILES string of the molecule is CNc1cnn(Cc2ccnc(C)c2)c1. The van der Waals surface area contributed by atoms with Gasteiger partial charge in [0, 0.05) is 25.1 Å². The number of anilines is 1. The van der Waals surface area contributed by atoms with Crippen LogP contribution in [0.4, 0.5) is 5.69 Å². The minimum Gasteiger partial charge on any atom is -0.386 e. The van der Waals surface area contributed by atoms with Crippen LogP contribution in [0.2, 0.25) is 0 Å². The monoisotopic (exact) mass is 202 g/mol. The topological polar surface area (TPSA) is 42.7 Å². The highest BCUT2D eigenvalue weighted by Crippen LogP contribution is 2.07. The summed E-state index contributed by atoms with van der Waals surface area (Å²) in [5.74, 6) is 0. The Balaban J connectivity index is 2.14. The molecule has 0 bridgehead atoms. The van der Waals surface area contributed by atoms with E-state index in [4.69, 9.17) is 0 Å². The van der Waals surface area contributed by atoms with Gasteiger partial charge in [-0.25, -0.2) is 0 Å². The minimum atomic E-state index is 0.783. The molecule has 1 N–H and O–H groups in total. The van der Waals surface area contributed by atoms with Gasteiger partial charge in [0.1, 0.15) is 0 Å². The number of nitrogens with zero attached hydrogens (tertiary/aromatic N) is 3. The predicted octanol–water partition coefficient (Wildman–Crippen LogP) is 1.68. The highest BCUT2D eigenvalue weighted by atomic mass is 15.3. The summed E-state index contributed by atoms with van der Waals surface area (Å²) in [4.78, 5) is 4.16. The van der Waals surface area contributed by atoms with Gasteiger partial charge in [0.2, 0.25) is 0 Å². The fourth-order valence-corrected chi connectivity index (χ4v) is 1.47. The normalized spacial score (nSPS) is 10.3. The van der Waals surface area contributed by atoms with Crippen molar-refractivity contribution in [1.29, 1.82) is 0 Å². The summed E-state index contributed by atoms with van der Waals surface area (Å²) in [7, 11) is 1.89. The van der Waals surface area contributed by atoms with Gasteiger partial charge in [-0.1, -0.05) is 0 Å². The maximum atomic E-state index is 4.25. The van der Waals surface area contributed by atoms with E-state index in [1.54, 1.807) is 0 Å². The summed E-state index contributed by atoms with van der Waals surface area (Å²) in [6.07, 6.45) is 5.62. The molecule has 4 heteroatoms. The molecule has 0 aliphatic heterocycles. The first kappa shape index (κ1) is 9.71. The smallest absolute Gasteiger partial charge is 0.0724 e. The van der Waals surface area contributed by atoms with E-state index in [0.717, 1.165) is 17.9 Å². The standard InChI is InChI=1S/C11H14N4/c1-9-5-10(3-4-13-9)7-15-8-11(12-2)6-14-15/h3-6,8,12H,7H2,1-2H3. The lowest BCUT2D eigenvalue weighted by Gasteiger charge is -2.02. The van der Waals surface area contributed by atoms with Crippen LogP contribution in [0.15, 0.2) is 30.7 Å². The van der Waals surface area contributed by atoms with Crippen LogP contribution in [0, 0.1) is 6.92 Å². The lowest BCUT2D eigenvalue weighted by Crippen LogP contribution is -2.00. The van der Waals surface area contributed by atoms with Gasteiger partial charge in [-0.3, -0.25) is 9.67 Å². The average Bonchev–Trinajstić information content (AvgIpc) is 2.65. The molecule has 4 nitrogen and oxygen atoms in total. The molecule has 0 atom stereocenters. The van der Waals surface area contributed by atoms with Gasteiger partial charge in [-0.05, 0) is 24.6 Å². The molecular weight excluding hydrogens is 188 g/mol. The molecule has 0 aliphatic carbocycles. The fourth-order valence-electron chi connectivity index (χ4n) is 1.47. The van der Waals surface area contributed by atoms with Crippen LogP contribution in [0.3, 0.4) is 0 Å². The molecule has 0 aromatic carbocycles. The molecule has 0 unspecified atom stereocenters. The summed E-state index contributed by atoms with van der Waals surface area (Å²) in [5, 5.41) is 7.29. The van der Waals surface area contributed by atoms with E-state index in [1.165, 1.54) is 5.56 Å². The van der Waals surface area contributed by atoms with Crippen LogP contribution in [0.1, 0.15) is 11.3 Å². The second-order valence-electron chi connectivity index (χ2n) is 3.48. The number of aryl methyl sites for hydroxylation is 1. The van der Waals surface area contributed by atoms with Crippen molar-refractivity contribution in [1.82, 2.24) is 14.8 Å². The van der Waals surface area contributed by atoms with E-state index in [1.807, 2.05) is 43.3 Å². The summed E-state index contributed by atoms with van der Waals surface area (Å²) in [5.41, 5.74) is 3.28. The third-order valence-corrected chi connectivity index (χ3v) is 2.23. The average molecular weight is 202 g/mol. The zero-order valence-corrected chi connectivity index (χ0v) is 8.94. The van der Waals surface area contributed by atoms with Crippen LogP contribution in [0.25, 0.3) is 0 Å². The molecule has 2 heterocycles. The van der Waals surface area contributed by atoms with Crippen molar-refractivity contribution in [2.75, 3.05) is 12.4 Å². The number of hydrogen-bond donors (Lipinski definition) is 1. The number of pyridine rings is 1. The molecule has 78 valence electrons. The van der Waals surface area contributed by atoms with Crippen molar-refractivity contribution in [3.05, 3.63) is 42.0 Å². The molecule has 2 aromatic heterocycles. The number of aromatic nitrogens is 3. The Morgan fingerprint density at radius 3 is 3.00 bits per heavy atom. The molecule has 0 amide bonds. The van der Waals surface area contributed by atoms with Crippen LogP contribution in [0.5, 0.6) is 0 Å². The Bertz CT molecular complexity index is 447. The summed E-state index contributed by atoms with van der Waals surface area (Å²) >= 11 is 0. The predicted molar refractivity (Wildman–Crippen MR) is 59.8 cm³/mol. The number of hydrogen-bond acceptors (Lipinski definition) is 3. The first-order chi connectivity index (χ1) is 7.28. The van der Waals surface area contributed by atoms with Gasteiger partial charge in [0.25, 0.3) is 0 Å². The molecule has 2 aromatic rings. The Kier molecular flexibility index (Phi) is 2.67. The van der Waals surface area contributed by atoms with E-state index in [0.29, 0.717) is 0 Å². The Morgan fingerprint density at radius 2 is 2.33 bits per heavy atom. The Labute approximate surface area is 89.0 Å². The molecule has 0 radical (unpaired) electrons. The van der Waals surface area contributed by atoms with Gasteiger partial charge in [-0.2, -0.15) is 5.10 Å². The van der Waals surface area contributed by atoms with Gasteiger partial charge >= 0.3 is 0 Å². The second kappa shape index (κ2) is 4.13. The maximum Gasteiger partial charge on any atom is 0.0724 e. The molecule has 0 saturated carbocycles. The summed E-state index contributed by atoms with van der Waals surface area (Å²) in [6, 6.07) is 4.08. The van der Waals surface area contributed by atoms with Gasteiger partial charge in [-0.15, -0.1) is 0 Å². The van der Waals surface area contributed by atoms with Crippen LogP contribution in [-0.2, 0) is 6.54 Å². The lowest BCUT2D eigenvalue weighted by molar-refractivity contribution is 0.685. The van der Waals surface area contributed by atoms with E-state index in [-0.39, 0.29) is 0 Å². The van der Waals surface area contributed by atoms with Crippen LogP contribution in [-0.4, -0.2) is 21.8 Å². The zero-order chi connectivity index (χ0) is 10.7. The van der Waals surface area contributed by atoms with Crippen molar-refractivity contribution in [2.45, 2.75) is 13.5 Å². The second-order valence-corrected chi connectivity index (χ2v) is 3.48. The molecule has 2 rings (SSSR count). The summed E-state index contributed by atoms with van der Waals surface area (Å²) < 4.78 is 1.90. The van der Waals surface area contributed by atoms with E-state index >= 15 is 0 Å². The largest absolute Gasteiger partial charge is 0.386 e. The van der Waals surface area contributed by atoms with E-state index in [9.17, 15) is 0 Å². The van der Waals surface area contributed by atoms with Crippen molar-refractivity contribution in [3.63, 3.8) is 0 Å². The van der Waals surface area contributed by atoms with Gasteiger partial charge in [0.05, 0.1) is 18.4 Å². The molecule has 15 heavy (non-hydrogen) atoms. The quantitative estimate of drug-likeness (QED) is 0.823. The maximum absolute atomic E-state index is 4.25. The molecule has 0 saturated heterocycles.